The molecule has 3 rings (SSSR count). The average Bonchev–Trinajstić information content (AvgIpc) is 2.56. The van der Waals surface area contributed by atoms with Gasteiger partial charge in [0.15, 0.2) is 0 Å². The van der Waals surface area contributed by atoms with Gasteiger partial charge in [-0.2, -0.15) is 0 Å². The zero-order valence-electron chi connectivity index (χ0n) is 12.5. The van der Waals surface area contributed by atoms with Gasteiger partial charge in [-0.1, -0.05) is 23.8 Å². The maximum atomic E-state index is 10.9. The molecule has 1 heterocycles. The summed E-state index contributed by atoms with van der Waals surface area (Å²) in [4.78, 5) is 19.4. The van der Waals surface area contributed by atoms with Gasteiger partial charge in [0.25, 0.3) is 0 Å². The van der Waals surface area contributed by atoms with Crippen molar-refractivity contribution in [2.45, 2.75) is 6.92 Å². The maximum absolute atomic E-state index is 10.9. The summed E-state index contributed by atoms with van der Waals surface area (Å²) in [6.07, 6.45) is 1.51. The van der Waals surface area contributed by atoms with E-state index in [-0.39, 0.29) is 5.56 Å². The van der Waals surface area contributed by atoms with Crippen LogP contribution in [-0.2, 0) is 0 Å². The molecule has 0 saturated heterocycles. The summed E-state index contributed by atoms with van der Waals surface area (Å²) in [6, 6.07) is 16.5. The lowest BCUT2D eigenvalue weighted by Crippen LogP contribution is -1.98. The van der Waals surface area contributed by atoms with Gasteiger partial charge in [0, 0.05) is 17.3 Å². The number of nitrogens with zero attached hydrogens (tertiary/aromatic N) is 2. The summed E-state index contributed by atoms with van der Waals surface area (Å²) >= 11 is 0. The lowest BCUT2D eigenvalue weighted by molar-refractivity contribution is 0.0697. The van der Waals surface area contributed by atoms with E-state index in [0.717, 1.165) is 16.9 Å². The van der Waals surface area contributed by atoms with Gasteiger partial charge in [-0.05, 0) is 37.3 Å². The molecule has 0 spiro atoms. The topological polar surface area (TPSA) is 75.1 Å². The van der Waals surface area contributed by atoms with E-state index in [0.29, 0.717) is 5.82 Å². The molecule has 5 heteroatoms. The van der Waals surface area contributed by atoms with Gasteiger partial charge < -0.3 is 10.4 Å². The molecule has 2 N–H and O–H groups in total. The van der Waals surface area contributed by atoms with E-state index in [1.54, 1.807) is 24.3 Å². The van der Waals surface area contributed by atoms with Gasteiger partial charge in [0.1, 0.15) is 12.1 Å². The molecule has 0 aliphatic rings. The smallest absolute Gasteiger partial charge is 0.335 e. The Labute approximate surface area is 133 Å². The summed E-state index contributed by atoms with van der Waals surface area (Å²) in [5, 5.41) is 12.1. The summed E-state index contributed by atoms with van der Waals surface area (Å²) in [6.45, 7) is 2.04. The lowest BCUT2D eigenvalue weighted by atomic mass is 10.1. The fraction of sp³-hybridized carbons (Fsp3) is 0.0556. The molecule has 0 atom stereocenters. The molecule has 23 heavy (non-hydrogen) atoms. The molecular formula is C18H15N3O2. The molecule has 0 amide bonds. The van der Waals surface area contributed by atoms with Crippen molar-refractivity contribution in [2.75, 3.05) is 5.32 Å². The Morgan fingerprint density at radius 1 is 1.04 bits per heavy atom. The fourth-order valence-electron chi connectivity index (χ4n) is 2.23. The first kappa shape index (κ1) is 14.7. The first-order valence-electron chi connectivity index (χ1n) is 7.11. The highest BCUT2D eigenvalue weighted by molar-refractivity contribution is 5.88. The van der Waals surface area contributed by atoms with Gasteiger partial charge in [-0.25, -0.2) is 14.8 Å². The number of carboxylic acids is 1. The molecule has 0 radical (unpaired) electrons. The number of carboxylic acid groups (broad SMARTS) is 1. The molecule has 0 unspecified atom stereocenters. The van der Waals surface area contributed by atoms with E-state index in [1.807, 2.05) is 31.2 Å². The highest BCUT2D eigenvalue weighted by atomic mass is 16.4. The van der Waals surface area contributed by atoms with E-state index in [2.05, 4.69) is 21.4 Å². The Bertz CT molecular complexity index is 845. The Morgan fingerprint density at radius 3 is 2.52 bits per heavy atom. The molecule has 114 valence electrons. The van der Waals surface area contributed by atoms with Crippen LogP contribution in [0.5, 0.6) is 0 Å². The molecule has 5 nitrogen and oxygen atoms in total. The molecule has 0 bridgehead atoms. The Morgan fingerprint density at radius 2 is 1.83 bits per heavy atom. The van der Waals surface area contributed by atoms with Crippen LogP contribution in [0.3, 0.4) is 0 Å². The monoisotopic (exact) mass is 305 g/mol. The van der Waals surface area contributed by atoms with Gasteiger partial charge in [0.05, 0.1) is 11.3 Å². The lowest BCUT2D eigenvalue weighted by Gasteiger charge is -2.08. The second-order valence-corrected chi connectivity index (χ2v) is 5.17. The van der Waals surface area contributed by atoms with E-state index in [9.17, 15) is 4.79 Å². The van der Waals surface area contributed by atoms with Crippen LogP contribution >= 0.6 is 0 Å². The highest BCUT2D eigenvalue weighted by Crippen LogP contribution is 2.22. The van der Waals surface area contributed by atoms with Crippen LogP contribution < -0.4 is 5.32 Å². The summed E-state index contributed by atoms with van der Waals surface area (Å²) in [5.74, 6) is -0.292. The number of rotatable bonds is 4. The number of aromatic carboxylic acids is 1. The average molecular weight is 305 g/mol. The van der Waals surface area contributed by atoms with Crippen LogP contribution in [0.15, 0.2) is 60.9 Å². The van der Waals surface area contributed by atoms with Crippen molar-refractivity contribution in [1.82, 2.24) is 9.97 Å². The van der Waals surface area contributed by atoms with Gasteiger partial charge in [0.2, 0.25) is 0 Å². The van der Waals surface area contributed by atoms with Gasteiger partial charge in [-0.3, -0.25) is 0 Å². The second kappa shape index (κ2) is 6.27. The number of carbonyl (C=O) groups is 1. The SMILES string of the molecule is Cc1cccc(-c2cc(Nc3ccc(C(=O)O)cc3)ncn2)c1. The molecule has 2 aromatic carbocycles. The Balaban J connectivity index is 1.84. The molecule has 0 aliphatic heterocycles. The maximum Gasteiger partial charge on any atom is 0.335 e. The van der Waals surface area contributed by atoms with Crippen molar-refractivity contribution in [1.29, 1.82) is 0 Å². The fourth-order valence-corrected chi connectivity index (χ4v) is 2.23. The summed E-state index contributed by atoms with van der Waals surface area (Å²) < 4.78 is 0. The minimum Gasteiger partial charge on any atom is -0.478 e. The summed E-state index contributed by atoms with van der Waals surface area (Å²) in [5.41, 5.74) is 4.03. The molecular weight excluding hydrogens is 290 g/mol. The van der Waals surface area contributed by atoms with Crippen molar-refractivity contribution < 1.29 is 9.90 Å². The van der Waals surface area contributed by atoms with Gasteiger partial charge >= 0.3 is 5.97 Å². The first-order valence-corrected chi connectivity index (χ1v) is 7.11. The van der Waals surface area contributed by atoms with Gasteiger partial charge in [-0.15, -0.1) is 0 Å². The van der Waals surface area contributed by atoms with E-state index in [1.165, 1.54) is 11.9 Å². The number of aryl methyl sites for hydroxylation is 1. The number of benzene rings is 2. The largest absolute Gasteiger partial charge is 0.478 e. The van der Waals surface area contributed by atoms with Crippen LogP contribution in [0, 0.1) is 6.92 Å². The number of hydrogen-bond donors (Lipinski definition) is 2. The van der Waals surface area contributed by atoms with Crippen molar-refractivity contribution in [3.63, 3.8) is 0 Å². The van der Waals surface area contributed by atoms with E-state index < -0.39 is 5.97 Å². The Kier molecular flexibility index (Phi) is 4.01. The predicted molar refractivity (Wildman–Crippen MR) is 88.9 cm³/mol. The third-order valence-corrected chi connectivity index (χ3v) is 3.39. The normalized spacial score (nSPS) is 10.3. The van der Waals surface area contributed by atoms with Crippen LogP contribution in [0.25, 0.3) is 11.3 Å². The predicted octanol–water partition coefficient (Wildman–Crippen LogP) is 3.89. The molecule has 1 aromatic heterocycles. The van der Waals surface area contributed by atoms with Crippen LogP contribution in [-0.4, -0.2) is 21.0 Å². The van der Waals surface area contributed by atoms with Crippen LogP contribution in [0.2, 0.25) is 0 Å². The molecule has 3 aromatic rings. The van der Waals surface area contributed by atoms with Crippen molar-refractivity contribution in [2.24, 2.45) is 0 Å². The highest BCUT2D eigenvalue weighted by Gasteiger charge is 2.04. The minimum absolute atomic E-state index is 0.249. The first-order chi connectivity index (χ1) is 11.1. The van der Waals surface area contributed by atoms with E-state index in [4.69, 9.17) is 5.11 Å². The third-order valence-electron chi connectivity index (χ3n) is 3.39. The standard InChI is InChI=1S/C18H15N3O2/c1-12-3-2-4-14(9-12)16-10-17(20-11-19-16)21-15-7-5-13(6-8-15)18(22)23/h2-11H,1H3,(H,22,23)(H,19,20,21). The number of hydrogen-bond acceptors (Lipinski definition) is 4. The quantitative estimate of drug-likeness (QED) is 0.764. The van der Waals surface area contributed by atoms with Crippen molar-refractivity contribution in [3.05, 3.63) is 72.1 Å². The minimum atomic E-state index is -0.944. The zero-order chi connectivity index (χ0) is 16.2. The second-order valence-electron chi connectivity index (χ2n) is 5.17. The molecule has 0 fully saturated rings. The number of aromatic nitrogens is 2. The number of nitrogens with one attached hydrogen (secondary N) is 1. The molecule has 0 aliphatic carbocycles. The Hall–Kier alpha value is -3.21. The van der Waals surface area contributed by atoms with Crippen molar-refractivity contribution >= 4 is 17.5 Å². The van der Waals surface area contributed by atoms with Crippen molar-refractivity contribution in [3.8, 4) is 11.3 Å². The summed E-state index contributed by atoms with van der Waals surface area (Å²) in [7, 11) is 0. The molecule has 0 saturated carbocycles. The van der Waals surface area contributed by atoms with Crippen LogP contribution in [0.1, 0.15) is 15.9 Å². The zero-order valence-corrected chi connectivity index (χ0v) is 12.5. The van der Waals surface area contributed by atoms with E-state index >= 15 is 0 Å². The van der Waals surface area contributed by atoms with Crippen LogP contribution in [0.4, 0.5) is 11.5 Å². The third kappa shape index (κ3) is 3.52. The number of anilines is 2.